The number of guanidine groups is 1. The Labute approximate surface area is 177 Å². The summed E-state index contributed by atoms with van der Waals surface area (Å²) in [6, 6.07) is 10.5. The highest BCUT2D eigenvalue weighted by Gasteiger charge is 2.10. The summed E-state index contributed by atoms with van der Waals surface area (Å²) >= 11 is 0. The molecule has 7 nitrogen and oxygen atoms in total. The predicted molar refractivity (Wildman–Crippen MR) is 115 cm³/mol. The summed E-state index contributed by atoms with van der Waals surface area (Å²) in [6.45, 7) is 3.76. The van der Waals surface area contributed by atoms with E-state index >= 15 is 0 Å². The summed E-state index contributed by atoms with van der Waals surface area (Å²) in [7, 11) is 4.91. The van der Waals surface area contributed by atoms with Crippen molar-refractivity contribution in [2.24, 2.45) is 4.99 Å². The van der Waals surface area contributed by atoms with Crippen LogP contribution in [0.4, 0.5) is 4.39 Å². The Morgan fingerprint density at radius 1 is 1.07 bits per heavy atom. The molecule has 0 amide bonds. The molecule has 30 heavy (non-hydrogen) atoms. The van der Waals surface area contributed by atoms with Crippen molar-refractivity contribution in [3.8, 4) is 17.2 Å². The van der Waals surface area contributed by atoms with Crippen LogP contribution in [0.3, 0.4) is 0 Å². The van der Waals surface area contributed by atoms with Gasteiger partial charge in [-0.25, -0.2) is 9.38 Å². The summed E-state index contributed by atoms with van der Waals surface area (Å²) in [5, 5.41) is 12.2. The third-order valence-electron chi connectivity index (χ3n) is 4.32. The van der Waals surface area contributed by atoms with Crippen LogP contribution >= 0.6 is 0 Å². The van der Waals surface area contributed by atoms with Crippen LogP contribution in [0.5, 0.6) is 17.2 Å². The third-order valence-corrected chi connectivity index (χ3v) is 4.32. The molecular weight excluding hydrogens is 389 g/mol. The van der Waals surface area contributed by atoms with Gasteiger partial charge in [-0.15, -0.1) is 0 Å². The largest absolute Gasteiger partial charge is 0.494 e. The molecule has 0 unspecified atom stereocenters. The van der Waals surface area contributed by atoms with Gasteiger partial charge in [-0.1, -0.05) is 12.1 Å². The Bertz CT molecular complexity index is 845. The van der Waals surface area contributed by atoms with Gasteiger partial charge in [0.05, 0.1) is 27.4 Å². The molecule has 0 heterocycles. The number of rotatable bonds is 10. The van der Waals surface area contributed by atoms with Crippen LogP contribution in [0.1, 0.15) is 18.1 Å². The maximum Gasteiger partial charge on any atom is 0.194 e. The first-order valence-electron chi connectivity index (χ1n) is 9.74. The molecule has 0 aromatic heterocycles. The molecule has 0 radical (unpaired) electrons. The van der Waals surface area contributed by atoms with Gasteiger partial charge in [-0.2, -0.15) is 0 Å². The molecule has 2 aromatic rings. The zero-order valence-corrected chi connectivity index (χ0v) is 17.9. The van der Waals surface area contributed by atoms with Gasteiger partial charge in [0.2, 0.25) is 0 Å². The van der Waals surface area contributed by atoms with E-state index in [0.29, 0.717) is 37.1 Å². The molecule has 0 aliphatic carbocycles. The van der Waals surface area contributed by atoms with Crippen LogP contribution < -0.4 is 19.5 Å². The summed E-state index contributed by atoms with van der Waals surface area (Å²) in [6.07, 6.45) is 0. The van der Waals surface area contributed by atoms with E-state index < -0.39 is 0 Å². The van der Waals surface area contributed by atoms with Crippen molar-refractivity contribution in [2.75, 3.05) is 41.0 Å². The lowest BCUT2D eigenvalue weighted by molar-refractivity contribution is 0.196. The Kier molecular flexibility index (Phi) is 9.21. The molecule has 0 aliphatic rings. The van der Waals surface area contributed by atoms with E-state index in [4.69, 9.17) is 19.3 Å². The van der Waals surface area contributed by atoms with Crippen molar-refractivity contribution >= 4 is 5.96 Å². The van der Waals surface area contributed by atoms with E-state index in [1.165, 1.54) is 13.2 Å². The van der Waals surface area contributed by atoms with E-state index in [-0.39, 0.29) is 24.8 Å². The van der Waals surface area contributed by atoms with Crippen LogP contribution in [0.15, 0.2) is 41.4 Å². The Hall–Kier alpha value is -3.00. The average molecular weight is 419 g/mol. The van der Waals surface area contributed by atoms with Crippen molar-refractivity contribution in [3.63, 3.8) is 0 Å². The van der Waals surface area contributed by atoms with Gasteiger partial charge in [0.25, 0.3) is 0 Å². The number of halogens is 1. The molecule has 8 heteroatoms. The fourth-order valence-corrected chi connectivity index (χ4v) is 2.88. The van der Waals surface area contributed by atoms with Gasteiger partial charge in [0.1, 0.15) is 6.61 Å². The van der Waals surface area contributed by atoms with Gasteiger partial charge in [-0.3, -0.25) is 0 Å². The van der Waals surface area contributed by atoms with Crippen molar-refractivity contribution in [1.82, 2.24) is 10.2 Å². The Balaban J connectivity index is 2.12. The molecule has 2 rings (SSSR count). The molecule has 0 fully saturated rings. The van der Waals surface area contributed by atoms with Gasteiger partial charge >= 0.3 is 0 Å². The van der Waals surface area contributed by atoms with Crippen LogP contribution in [0, 0.1) is 5.82 Å². The van der Waals surface area contributed by atoms with Crippen molar-refractivity contribution in [3.05, 3.63) is 53.3 Å². The van der Waals surface area contributed by atoms with Crippen LogP contribution in [0.25, 0.3) is 0 Å². The minimum Gasteiger partial charge on any atom is -0.494 e. The lowest BCUT2D eigenvalue weighted by Crippen LogP contribution is -2.38. The van der Waals surface area contributed by atoms with Crippen molar-refractivity contribution in [2.45, 2.75) is 20.0 Å². The summed E-state index contributed by atoms with van der Waals surface area (Å²) < 4.78 is 29.8. The quantitative estimate of drug-likeness (QED) is 0.456. The number of hydrogen-bond donors (Lipinski definition) is 2. The van der Waals surface area contributed by atoms with Gasteiger partial charge in [-0.05, 0) is 42.3 Å². The normalized spacial score (nSPS) is 11.2. The fraction of sp³-hybridized carbons (Fsp3) is 0.409. The third kappa shape index (κ3) is 6.52. The number of nitrogens with zero attached hydrogens (tertiary/aromatic N) is 2. The van der Waals surface area contributed by atoms with Crippen molar-refractivity contribution < 1.29 is 23.7 Å². The van der Waals surface area contributed by atoms with Crippen LogP contribution in [-0.4, -0.2) is 57.0 Å². The number of ether oxygens (including phenoxy) is 3. The smallest absolute Gasteiger partial charge is 0.194 e. The van der Waals surface area contributed by atoms with Gasteiger partial charge < -0.3 is 29.5 Å². The second-order valence-electron chi connectivity index (χ2n) is 6.55. The standard InChI is InChI=1S/C22H30FN3O4/c1-5-24-22(26(2)15-17-7-8-19(28-3)18(23)12-17)25-14-16-6-9-20(30-11-10-27)21(13-16)29-4/h6-9,12-13,27H,5,10-11,14-15H2,1-4H3,(H,24,25). The number of methoxy groups -OCH3 is 2. The summed E-state index contributed by atoms with van der Waals surface area (Å²) in [5.41, 5.74) is 1.76. The summed E-state index contributed by atoms with van der Waals surface area (Å²) in [5.74, 6) is 1.70. The highest BCUT2D eigenvalue weighted by Crippen LogP contribution is 2.28. The fourth-order valence-electron chi connectivity index (χ4n) is 2.88. The molecule has 0 saturated carbocycles. The zero-order valence-electron chi connectivity index (χ0n) is 17.9. The van der Waals surface area contributed by atoms with Gasteiger partial charge in [0, 0.05) is 20.1 Å². The SMILES string of the molecule is CCNC(=NCc1ccc(OCCO)c(OC)c1)N(C)Cc1ccc(OC)c(F)c1. The van der Waals surface area contributed by atoms with E-state index in [9.17, 15) is 4.39 Å². The molecular formula is C22H30FN3O4. The molecule has 0 saturated heterocycles. The number of aliphatic hydroxyl groups excluding tert-OH is 1. The number of hydrogen-bond acceptors (Lipinski definition) is 5. The molecule has 0 aliphatic heterocycles. The molecule has 2 N–H and O–H groups in total. The maximum absolute atomic E-state index is 14.0. The molecule has 0 bridgehead atoms. The van der Waals surface area contributed by atoms with Crippen LogP contribution in [0.2, 0.25) is 0 Å². The predicted octanol–water partition coefficient (Wildman–Crippen LogP) is 2.81. The molecule has 0 atom stereocenters. The first-order valence-corrected chi connectivity index (χ1v) is 9.74. The topological polar surface area (TPSA) is 75.6 Å². The van der Waals surface area contributed by atoms with Crippen molar-refractivity contribution in [1.29, 1.82) is 0 Å². The van der Waals surface area contributed by atoms with E-state index in [0.717, 1.165) is 11.1 Å². The lowest BCUT2D eigenvalue weighted by atomic mass is 10.2. The van der Waals surface area contributed by atoms with E-state index in [1.54, 1.807) is 19.2 Å². The molecule has 164 valence electrons. The monoisotopic (exact) mass is 419 g/mol. The average Bonchev–Trinajstić information content (AvgIpc) is 2.75. The second kappa shape index (κ2) is 11.9. The first-order chi connectivity index (χ1) is 14.5. The second-order valence-corrected chi connectivity index (χ2v) is 6.55. The molecule has 0 spiro atoms. The van der Waals surface area contributed by atoms with E-state index in [1.807, 2.05) is 37.1 Å². The minimum atomic E-state index is -0.388. The minimum absolute atomic E-state index is 0.0638. The maximum atomic E-state index is 14.0. The lowest BCUT2D eigenvalue weighted by Gasteiger charge is -2.22. The Morgan fingerprint density at radius 2 is 1.77 bits per heavy atom. The van der Waals surface area contributed by atoms with Crippen LogP contribution in [-0.2, 0) is 13.1 Å². The molecule has 2 aromatic carbocycles. The van der Waals surface area contributed by atoms with E-state index in [2.05, 4.69) is 10.3 Å². The highest BCUT2D eigenvalue weighted by atomic mass is 19.1. The number of aliphatic hydroxyl groups is 1. The first kappa shape index (κ1) is 23.3. The summed E-state index contributed by atoms with van der Waals surface area (Å²) in [4.78, 5) is 6.61. The van der Waals surface area contributed by atoms with Gasteiger partial charge in [0.15, 0.2) is 29.0 Å². The zero-order chi connectivity index (χ0) is 21.9. The Morgan fingerprint density at radius 3 is 2.40 bits per heavy atom. The number of aliphatic imine (C=N–C) groups is 1. The number of benzene rings is 2. The number of nitrogens with one attached hydrogen (secondary N) is 1. The highest BCUT2D eigenvalue weighted by molar-refractivity contribution is 5.79.